The smallest absolute Gasteiger partial charge is 0.159 e. The molecule has 6 aromatic heterocycles. The molecule has 0 aliphatic heterocycles. The Kier molecular flexibility index (Phi) is 17.4. The van der Waals surface area contributed by atoms with Gasteiger partial charge in [0.25, 0.3) is 0 Å². The third-order valence-electron chi connectivity index (χ3n) is 21.1. The Bertz CT molecular complexity index is 7610. The lowest BCUT2D eigenvalue weighted by Gasteiger charge is -2.26. The average Bonchev–Trinajstić information content (AvgIpc) is 1.52. The number of para-hydroxylation sites is 4. The monoisotopic (exact) mass is 1700 g/mol. The van der Waals surface area contributed by atoms with Gasteiger partial charge in [0.15, 0.2) is 5.58 Å². The number of thiophene rings is 4. The van der Waals surface area contributed by atoms with E-state index in [1.165, 1.54) is 103 Å². The fourth-order valence-electron chi connectivity index (χ4n) is 15.9. The predicted molar refractivity (Wildman–Crippen MR) is 496 cm³/mol. The van der Waals surface area contributed by atoms with Gasteiger partial charge in [-0.3, -0.25) is 0 Å². The predicted octanol–water partition coefficient (Wildman–Crippen LogP) is 33.8. The highest BCUT2D eigenvalue weighted by molar-refractivity contribution is 9.11. The van der Waals surface area contributed by atoms with Gasteiger partial charge >= 0.3 is 0 Å². The largest absolute Gasteiger partial charge is 0.456 e. The van der Waals surface area contributed by atoms with Crippen molar-refractivity contribution in [3.8, 4) is 11.1 Å². The first kappa shape index (κ1) is 68.4. The molecule has 532 valence electrons. The van der Waals surface area contributed by atoms with Crippen molar-refractivity contribution in [2.45, 2.75) is 0 Å². The third-order valence-corrected chi connectivity index (χ3v) is 27.1. The van der Waals surface area contributed by atoms with Crippen molar-refractivity contribution in [1.82, 2.24) is 0 Å². The number of anilines is 9. The fourth-order valence-corrected chi connectivity index (χ4v) is 22.0. The van der Waals surface area contributed by atoms with Crippen LogP contribution in [0, 0.1) is 0 Å². The molecule has 0 saturated heterocycles. The van der Waals surface area contributed by atoms with Crippen LogP contribution >= 0.6 is 93.1 Å². The van der Waals surface area contributed by atoms with Crippen LogP contribution in [0.1, 0.15) is 0 Å². The number of halogens is 3. The number of hydrogen-bond donors (Lipinski definition) is 0. The summed E-state index contributed by atoms with van der Waals surface area (Å²) in [6.45, 7) is 0. The van der Waals surface area contributed by atoms with Crippen LogP contribution in [0.5, 0.6) is 0 Å². The van der Waals surface area contributed by atoms with Crippen molar-refractivity contribution >= 4 is 280 Å². The number of hydrogen-bond acceptors (Lipinski definition) is 9. The maximum absolute atomic E-state index is 6.51. The van der Waals surface area contributed by atoms with E-state index in [0.717, 1.165) is 108 Å². The molecule has 6 heterocycles. The molecule has 23 rings (SSSR count). The minimum absolute atomic E-state index is 0.890. The van der Waals surface area contributed by atoms with Gasteiger partial charge in [0, 0.05) is 167 Å². The Morgan fingerprint density at radius 3 is 1.18 bits per heavy atom. The average molecular weight is 1700 g/mol. The Hall–Kier alpha value is -11.7. The van der Waals surface area contributed by atoms with Gasteiger partial charge in [-0.2, -0.15) is 0 Å². The van der Waals surface area contributed by atoms with Crippen LogP contribution in [-0.4, -0.2) is 0 Å². The molecule has 112 heavy (non-hydrogen) atoms. The van der Waals surface area contributed by atoms with Crippen LogP contribution < -0.4 is 14.7 Å². The summed E-state index contributed by atoms with van der Waals surface area (Å²) in [4.78, 5) is 7.02. The molecule has 0 unspecified atom stereocenters. The summed E-state index contributed by atoms with van der Waals surface area (Å²) in [6, 6.07) is 130. The fraction of sp³-hybridized carbons (Fsp3) is 0. The first-order valence-electron chi connectivity index (χ1n) is 36.9. The minimum atomic E-state index is 0.890. The SMILES string of the molecule is Brc1ccc2c(c1)sc1ccc(N(c3ccc(-c4ccccc4)cc3)c3ccc4c(c3)sc3ccccc34)cc12.Brc1ccc2c(c1)sc1ccc(N(c3ccc4ccccc4c3)c3cccc4c3oc3ccccc34)cc12.Brc1ccc2c(c1)sc1ccc(N(c3ccccc3)c3ccc4c(c3)oc3ccccc34)cc12. The van der Waals surface area contributed by atoms with E-state index in [9.17, 15) is 0 Å². The summed E-state index contributed by atoms with van der Waals surface area (Å²) >= 11 is 18.2. The highest BCUT2D eigenvalue weighted by Crippen LogP contribution is 2.49. The summed E-state index contributed by atoms with van der Waals surface area (Å²) in [6.07, 6.45) is 0. The summed E-state index contributed by atoms with van der Waals surface area (Å²) in [5, 5.41) is 17.3. The van der Waals surface area contributed by atoms with E-state index in [1.54, 1.807) is 0 Å². The minimum Gasteiger partial charge on any atom is -0.456 e. The Balaban J connectivity index is 0.000000106. The molecule has 17 aromatic carbocycles. The molecule has 0 atom stereocenters. The quantitative estimate of drug-likeness (QED) is 0.136. The second-order valence-corrected chi connectivity index (χ2v) is 34.9. The van der Waals surface area contributed by atoms with E-state index in [4.69, 9.17) is 8.83 Å². The van der Waals surface area contributed by atoms with Gasteiger partial charge in [0.1, 0.15) is 16.7 Å². The molecular formula is C100H60Br3N3O2S4. The second kappa shape index (κ2) is 28.6. The standard InChI is InChI=1S/C36H22BrNS2.C34H20BrNOS.C30H18BrNOS/c37-25-12-17-31-32-21-27(16-19-34(32)40-35(31)20-25)38(26-13-10-24(11-14-26)23-6-2-1-3-7-23)28-15-18-30-29-8-4-5-9-33(29)39-36(30)22-28;35-23-13-16-27-29-20-25(15-17-32(29)38-33(27)19-23)36(24-14-12-21-6-1-2-7-22(21)18-24)30-10-5-9-28-26-8-3-4-11-31(26)37-34(28)30;31-19-10-13-25-26-17-21(12-15-29(26)34-30(25)16-19)32(20-6-2-1-3-7-20)22-11-14-24-23-8-4-5-9-27(23)33-28(24)18-22/h1-22H;1-20H;1-18H. The molecule has 0 radical (unpaired) electrons. The summed E-state index contributed by atoms with van der Waals surface area (Å²) < 4.78 is 26.4. The summed E-state index contributed by atoms with van der Waals surface area (Å²) in [7, 11) is 0. The lowest BCUT2D eigenvalue weighted by Crippen LogP contribution is -2.10. The first-order chi connectivity index (χ1) is 55.2. The van der Waals surface area contributed by atoms with Crippen molar-refractivity contribution in [3.05, 3.63) is 377 Å². The molecule has 0 aliphatic carbocycles. The van der Waals surface area contributed by atoms with Crippen LogP contribution in [0.3, 0.4) is 0 Å². The highest BCUT2D eigenvalue weighted by atomic mass is 79.9. The van der Waals surface area contributed by atoms with Gasteiger partial charge < -0.3 is 23.5 Å². The molecular weight excluding hydrogens is 1640 g/mol. The lowest BCUT2D eigenvalue weighted by atomic mass is 10.0. The normalized spacial score (nSPS) is 11.7. The molecule has 0 spiro atoms. The molecule has 0 saturated carbocycles. The van der Waals surface area contributed by atoms with Crippen LogP contribution in [0.4, 0.5) is 51.2 Å². The summed E-state index contributed by atoms with van der Waals surface area (Å²) in [5.74, 6) is 0. The zero-order valence-corrected chi connectivity index (χ0v) is 67.6. The Labute approximate surface area is 685 Å². The first-order valence-corrected chi connectivity index (χ1v) is 42.5. The van der Waals surface area contributed by atoms with Gasteiger partial charge in [-0.15, -0.1) is 45.3 Å². The zero-order chi connectivity index (χ0) is 74.5. The van der Waals surface area contributed by atoms with Crippen LogP contribution in [0.25, 0.3) is 146 Å². The van der Waals surface area contributed by atoms with Crippen molar-refractivity contribution in [2.24, 2.45) is 0 Å². The summed E-state index contributed by atoms with van der Waals surface area (Å²) in [5.41, 5.74) is 16.0. The van der Waals surface area contributed by atoms with Gasteiger partial charge in [-0.25, -0.2) is 0 Å². The maximum Gasteiger partial charge on any atom is 0.159 e. The molecule has 12 heteroatoms. The number of rotatable bonds is 10. The van der Waals surface area contributed by atoms with E-state index < -0.39 is 0 Å². The van der Waals surface area contributed by atoms with Crippen molar-refractivity contribution < 1.29 is 8.83 Å². The van der Waals surface area contributed by atoms with E-state index in [0.29, 0.717) is 0 Å². The molecule has 23 aromatic rings. The highest BCUT2D eigenvalue weighted by Gasteiger charge is 2.24. The van der Waals surface area contributed by atoms with Crippen LogP contribution in [0.2, 0.25) is 0 Å². The Morgan fingerprint density at radius 1 is 0.196 bits per heavy atom. The number of furan rings is 2. The molecule has 0 bridgehead atoms. The molecule has 0 aliphatic rings. The third kappa shape index (κ3) is 12.5. The molecule has 0 amide bonds. The number of fused-ring (bicyclic) bond motifs is 19. The van der Waals surface area contributed by atoms with Crippen molar-refractivity contribution in [1.29, 1.82) is 0 Å². The van der Waals surface area contributed by atoms with Crippen LogP contribution in [-0.2, 0) is 0 Å². The number of benzene rings is 17. The number of nitrogens with zero attached hydrogens (tertiary/aromatic N) is 3. The van der Waals surface area contributed by atoms with Crippen LogP contribution in [0.15, 0.2) is 386 Å². The van der Waals surface area contributed by atoms with Crippen molar-refractivity contribution in [3.63, 3.8) is 0 Å². The second-order valence-electron chi connectivity index (χ2n) is 27.9. The molecule has 5 nitrogen and oxygen atoms in total. The maximum atomic E-state index is 6.51. The van der Waals surface area contributed by atoms with Gasteiger partial charge in [-0.05, 0) is 198 Å². The van der Waals surface area contributed by atoms with Gasteiger partial charge in [-0.1, -0.05) is 230 Å². The lowest BCUT2D eigenvalue weighted by molar-refractivity contribution is 0.668. The molecule has 0 N–H and O–H groups in total. The topological polar surface area (TPSA) is 36.0 Å². The molecule has 0 fully saturated rings. The van der Waals surface area contributed by atoms with Gasteiger partial charge in [0.2, 0.25) is 0 Å². The Morgan fingerprint density at radius 2 is 0.571 bits per heavy atom. The van der Waals surface area contributed by atoms with E-state index in [-0.39, 0.29) is 0 Å². The zero-order valence-electron chi connectivity index (χ0n) is 59.6. The van der Waals surface area contributed by atoms with E-state index in [2.05, 4.69) is 402 Å². The van der Waals surface area contributed by atoms with E-state index >= 15 is 0 Å². The van der Waals surface area contributed by atoms with Gasteiger partial charge in [0.05, 0.1) is 5.69 Å². The van der Waals surface area contributed by atoms with E-state index in [1.807, 2.05) is 69.6 Å². The van der Waals surface area contributed by atoms with Crippen molar-refractivity contribution in [2.75, 3.05) is 14.7 Å².